The molecule has 0 radical (unpaired) electrons. The number of nitrogens with zero attached hydrogens (tertiary/aromatic N) is 3. The molecular weight excluding hydrogens is 488 g/mol. The molecule has 0 aliphatic heterocycles. The maximum Gasteiger partial charge on any atom is 0.304 e. The number of amides is 2. The van der Waals surface area contributed by atoms with Crippen molar-refractivity contribution in [3.63, 3.8) is 0 Å². The highest BCUT2D eigenvalue weighted by atomic mass is 32.2. The summed E-state index contributed by atoms with van der Waals surface area (Å²) in [7, 11) is -1.13. The molecule has 2 amide bonds. The Hall–Kier alpha value is -2.91. The van der Waals surface area contributed by atoms with Gasteiger partial charge in [-0.15, -0.1) is 0 Å². The summed E-state index contributed by atoms with van der Waals surface area (Å²) >= 11 is 0. The molecule has 1 N–H and O–H groups in total. The number of hydrogen-bond donors (Lipinski definition) is 1. The predicted molar refractivity (Wildman–Crippen MR) is 150 cm³/mol. The third kappa shape index (κ3) is 8.04. The van der Waals surface area contributed by atoms with Crippen molar-refractivity contribution in [3.8, 4) is 0 Å². The number of benzene rings is 2. The van der Waals surface area contributed by atoms with Crippen molar-refractivity contribution < 1.29 is 18.0 Å². The van der Waals surface area contributed by atoms with E-state index >= 15 is 0 Å². The fourth-order valence-electron chi connectivity index (χ4n) is 4.07. The highest BCUT2D eigenvalue weighted by Crippen LogP contribution is 2.26. The smallest absolute Gasteiger partial charge is 0.304 e. The van der Waals surface area contributed by atoms with E-state index < -0.39 is 34.2 Å². The van der Waals surface area contributed by atoms with Crippen molar-refractivity contribution in [3.05, 3.63) is 64.7 Å². The van der Waals surface area contributed by atoms with Gasteiger partial charge in [-0.2, -0.15) is 12.7 Å². The molecule has 0 unspecified atom stereocenters. The predicted octanol–water partition coefficient (Wildman–Crippen LogP) is 3.95. The van der Waals surface area contributed by atoms with Gasteiger partial charge in [0.15, 0.2) is 0 Å². The van der Waals surface area contributed by atoms with Crippen LogP contribution >= 0.6 is 0 Å². The summed E-state index contributed by atoms with van der Waals surface area (Å²) in [6, 6.07) is 12.5. The summed E-state index contributed by atoms with van der Waals surface area (Å²) in [5, 5.41) is 2.98. The van der Waals surface area contributed by atoms with E-state index in [-0.39, 0.29) is 12.5 Å². The first-order valence-electron chi connectivity index (χ1n) is 12.5. The lowest BCUT2D eigenvalue weighted by Gasteiger charge is -2.35. The second-order valence-electron chi connectivity index (χ2n) is 10.8. The molecule has 2 aromatic carbocycles. The molecule has 0 saturated carbocycles. The van der Waals surface area contributed by atoms with Gasteiger partial charge in [0.25, 0.3) is 0 Å². The molecule has 0 saturated heterocycles. The van der Waals surface area contributed by atoms with E-state index in [0.29, 0.717) is 12.1 Å². The number of rotatable bonds is 10. The minimum absolute atomic E-state index is 0.180. The lowest BCUT2D eigenvalue weighted by atomic mass is 10.0. The minimum atomic E-state index is -4.00. The maximum atomic E-state index is 14.0. The van der Waals surface area contributed by atoms with Crippen LogP contribution in [-0.4, -0.2) is 61.7 Å². The average Bonchev–Trinajstić information content (AvgIpc) is 2.77. The molecule has 0 aromatic heterocycles. The largest absolute Gasteiger partial charge is 0.350 e. The Bertz CT molecular complexity index is 1220. The van der Waals surface area contributed by atoms with E-state index in [1.807, 2.05) is 84.9 Å². The molecule has 37 heavy (non-hydrogen) atoms. The average molecular weight is 531 g/mol. The Morgan fingerprint density at radius 3 is 2.14 bits per heavy atom. The lowest BCUT2D eigenvalue weighted by molar-refractivity contribution is -0.141. The Morgan fingerprint density at radius 2 is 1.59 bits per heavy atom. The zero-order valence-corrected chi connectivity index (χ0v) is 24.4. The fourth-order valence-corrected chi connectivity index (χ4v) is 5.18. The van der Waals surface area contributed by atoms with Gasteiger partial charge in [-0.05, 0) is 70.7 Å². The molecule has 0 aliphatic carbocycles. The van der Waals surface area contributed by atoms with Gasteiger partial charge in [-0.25, -0.2) is 4.31 Å². The van der Waals surface area contributed by atoms with Crippen molar-refractivity contribution in [2.45, 2.75) is 73.0 Å². The van der Waals surface area contributed by atoms with Gasteiger partial charge in [0.05, 0.1) is 5.69 Å². The van der Waals surface area contributed by atoms with Crippen LogP contribution in [0.5, 0.6) is 0 Å². The third-order valence-electron chi connectivity index (χ3n) is 5.97. The lowest BCUT2D eigenvalue weighted by Crippen LogP contribution is -2.55. The highest BCUT2D eigenvalue weighted by molar-refractivity contribution is 7.90. The topological polar surface area (TPSA) is 90.0 Å². The van der Waals surface area contributed by atoms with Crippen LogP contribution in [0.15, 0.2) is 42.5 Å². The Morgan fingerprint density at radius 1 is 0.973 bits per heavy atom. The van der Waals surface area contributed by atoms with Crippen molar-refractivity contribution in [1.29, 1.82) is 0 Å². The second kappa shape index (κ2) is 12.1. The second-order valence-corrected chi connectivity index (χ2v) is 12.8. The first-order valence-corrected chi connectivity index (χ1v) is 13.9. The molecule has 0 bridgehead atoms. The van der Waals surface area contributed by atoms with Gasteiger partial charge in [0.1, 0.15) is 12.6 Å². The Balaban J connectivity index is 2.58. The van der Waals surface area contributed by atoms with Crippen LogP contribution in [0.1, 0.15) is 56.4 Å². The summed E-state index contributed by atoms with van der Waals surface area (Å²) in [5.74, 6) is -0.728. The van der Waals surface area contributed by atoms with Gasteiger partial charge in [0.2, 0.25) is 11.8 Å². The van der Waals surface area contributed by atoms with E-state index in [1.165, 1.54) is 19.0 Å². The van der Waals surface area contributed by atoms with E-state index in [0.717, 1.165) is 30.9 Å². The zero-order valence-electron chi connectivity index (χ0n) is 23.6. The van der Waals surface area contributed by atoms with E-state index in [2.05, 4.69) is 5.32 Å². The van der Waals surface area contributed by atoms with Crippen molar-refractivity contribution in [2.75, 3.05) is 24.9 Å². The zero-order chi connectivity index (χ0) is 28.1. The van der Waals surface area contributed by atoms with Gasteiger partial charge < -0.3 is 10.2 Å². The number of nitrogens with one attached hydrogen (secondary N) is 1. The van der Waals surface area contributed by atoms with Crippen LogP contribution < -0.4 is 9.62 Å². The Labute approximate surface area is 222 Å². The molecule has 2 aromatic rings. The first-order chi connectivity index (χ1) is 17.1. The van der Waals surface area contributed by atoms with Crippen LogP contribution in [0.3, 0.4) is 0 Å². The fraction of sp³-hybridized carbons (Fsp3) is 0.500. The molecule has 1 atom stereocenters. The summed E-state index contributed by atoms with van der Waals surface area (Å²) in [4.78, 5) is 28.8. The molecule has 2 rings (SSSR count). The first kappa shape index (κ1) is 30.3. The van der Waals surface area contributed by atoms with E-state index in [1.54, 1.807) is 6.07 Å². The summed E-state index contributed by atoms with van der Waals surface area (Å²) in [6.07, 6.45) is 0.378. The van der Waals surface area contributed by atoms with Crippen LogP contribution in [0.2, 0.25) is 0 Å². The molecule has 9 heteroatoms. The molecule has 0 heterocycles. The molecule has 204 valence electrons. The van der Waals surface area contributed by atoms with Gasteiger partial charge >= 0.3 is 10.2 Å². The van der Waals surface area contributed by atoms with Crippen molar-refractivity contribution in [1.82, 2.24) is 14.5 Å². The van der Waals surface area contributed by atoms with E-state index in [4.69, 9.17) is 0 Å². The monoisotopic (exact) mass is 530 g/mol. The van der Waals surface area contributed by atoms with Gasteiger partial charge in [0, 0.05) is 26.2 Å². The van der Waals surface area contributed by atoms with Crippen LogP contribution in [-0.2, 0) is 26.3 Å². The standard InChI is InChI=1S/C28H42N4O4S/c1-10-24(27(34)29-28(5,6)7)31(18-23-13-11-12-20(2)16-23)26(33)19-32(37(35,36)30(8)9)25-17-21(3)14-15-22(25)4/h11-17,24H,10,18-19H2,1-9H3,(H,29,34)/t24-/m1/s1. The van der Waals surface area contributed by atoms with Crippen LogP contribution in [0, 0.1) is 20.8 Å². The van der Waals surface area contributed by atoms with E-state index in [9.17, 15) is 18.0 Å². The number of anilines is 1. The molecule has 8 nitrogen and oxygen atoms in total. The third-order valence-corrected chi connectivity index (χ3v) is 7.78. The van der Waals surface area contributed by atoms with Gasteiger partial charge in [-0.3, -0.25) is 9.59 Å². The molecule has 0 aliphatic rings. The maximum absolute atomic E-state index is 14.0. The SMILES string of the molecule is CC[C@H](C(=O)NC(C)(C)C)N(Cc1cccc(C)c1)C(=O)CN(c1cc(C)ccc1C)S(=O)(=O)N(C)C. The van der Waals surface area contributed by atoms with Crippen molar-refractivity contribution >= 4 is 27.7 Å². The number of aryl methyl sites for hydroxylation is 3. The quantitative estimate of drug-likeness (QED) is 0.504. The molecule has 0 fully saturated rings. The summed E-state index contributed by atoms with van der Waals surface area (Å²) < 4.78 is 29.1. The number of carbonyl (C=O) groups excluding carboxylic acids is 2. The van der Waals surface area contributed by atoms with Crippen LogP contribution in [0.4, 0.5) is 5.69 Å². The van der Waals surface area contributed by atoms with Crippen LogP contribution in [0.25, 0.3) is 0 Å². The summed E-state index contributed by atoms with van der Waals surface area (Å²) in [5.41, 5.74) is 3.45. The Kier molecular flexibility index (Phi) is 9.91. The number of carbonyl (C=O) groups is 2. The van der Waals surface area contributed by atoms with Gasteiger partial charge in [-0.1, -0.05) is 48.9 Å². The normalized spacial score (nSPS) is 12.8. The highest BCUT2D eigenvalue weighted by Gasteiger charge is 2.35. The molecule has 0 spiro atoms. The summed E-state index contributed by atoms with van der Waals surface area (Å²) in [6.45, 7) is 12.9. The van der Waals surface area contributed by atoms with Crippen molar-refractivity contribution in [2.24, 2.45) is 0 Å². The minimum Gasteiger partial charge on any atom is -0.350 e. The number of hydrogen-bond acceptors (Lipinski definition) is 4. The molecular formula is C28H42N4O4S.